The minimum atomic E-state index is -0.387. The van der Waals surface area contributed by atoms with Crippen molar-refractivity contribution in [2.45, 2.75) is 225 Å². The first-order chi connectivity index (χ1) is 20.8. The van der Waals surface area contributed by atoms with Crippen molar-refractivity contribution < 1.29 is 14.3 Å². The highest BCUT2D eigenvalue weighted by molar-refractivity contribution is 5.56. The Morgan fingerprint density at radius 2 is 0.643 bits per heavy atom. The number of hydrogen-bond acceptors (Lipinski definition) is 3. The van der Waals surface area contributed by atoms with E-state index in [1.807, 2.05) is 0 Å². The smallest absolute Gasteiger partial charge is 0.151 e. The predicted octanol–water partition coefficient (Wildman–Crippen LogP) is 13.1. The Hall–Kier alpha value is -0.410. The highest BCUT2D eigenvalue weighted by atomic mass is 16.5. The molecule has 0 aliphatic heterocycles. The molecule has 0 radical (unpaired) electrons. The van der Waals surface area contributed by atoms with Crippen LogP contribution >= 0.6 is 0 Å². The van der Waals surface area contributed by atoms with Crippen LogP contribution in [-0.2, 0) is 14.3 Å². The van der Waals surface area contributed by atoms with Gasteiger partial charge in [-0.15, -0.1) is 0 Å². The third kappa shape index (κ3) is 35.8. The first kappa shape index (κ1) is 41.6. The van der Waals surface area contributed by atoms with E-state index in [1.165, 1.54) is 193 Å². The van der Waals surface area contributed by atoms with E-state index < -0.39 is 0 Å². The van der Waals surface area contributed by atoms with Crippen LogP contribution in [0.2, 0.25) is 0 Å². The fraction of sp³-hybridized carbons (Fsp3) is 0.974. The average Bonchev–Trinajstić information content (AvgIpc) is 3.00. The van der Waals surface area contributed by atoms with Gasteiger partial charge in [-0.05, 0) is 12.8 Å². The third-order valence-corrected chi connectivity index (χ3v) is 8.91. The van der Waals surface area contributed by atoms with Crippen LogP contribution in [0.4, 0.5) is 0 Å². The predicted molar refractivity (Wildman–Crippen MR) is 186 cm³/mol. The molecule has 0 aliphatic rings. The lowest BCUT2D eigenvalue weighted by Gasteiger charge is -2.12. The van der Waals surface area contributed by atoms with Crippen molar-refractivity contribution in [1.29, 1.82) is 0 Å². The Balaban J connectivity index is 3.25. The highest BCUT2D eigenvalue weighted by Gasteiger charge is 2.07. The Bertz CT molecular complexity index is 480. The molecule has 0 rings (SSSR count). The number of carbonyl (C=O) groups excluding carboxylic acids is 1. The molecule has 0 aliphatic carbocycles. The van der Waals surface area contributed by atoms with E-state index in [0.717, 1.165) is 25.7 Å². The largest absolute Gasteiger partial charge is 0.378 e. The van der Waals surface area contributed by atoms with E-state index >= 15 is 0 Å². The van der Waals surface area contributed by atoms with Crippen molar-refractivity contribution in [2.75, 3.05) is 19.8 Å². The molecule has 0 N–H and O–H groups in total. The molecular weight excluding hydrogens is 516 g/mol. The number of ether oxygens (including phenoxy) is 2. The van der Waals surface area contributed by atoms with Crippen LogP contribution < -0.4 is 0 Å². The normalized spacial score (nSPS) is 12.2. The first-order valence-corrected chi connectivity index (χ1v) is 19.5. The summed E-state index contributed by atoms with van der Waals surface area (Å²) in [5.41, 5.74) is 0. The van der Waals surface area contributed by atoms with Gasteiger partial charge >= 0.3 is 0 Å². The van der Waals surface area contributed by atoms with E-state index in [0.29, 0.717) is 13.2 Å². The van der Waals surface area contributed by atoms with Crippen LogP contribution in [0.5, 0.6) is 0 Å². The van der Waals surface area contributed by atoms with Crippen molar-refractivity contribution in [1.82, 2.24) is 0 Å². The van der Waals surface area contributed by atoms with Gasteiger partial charge in [0.15, 0.2) is 6.29 Å². The van der Waals surface area contributed by atoms with Gasteiger partial charge in [0.25, 0.3) is 0 Å². The zero-order valence-corrected chi connectivity index (χ0v) is 29.1. The highest BCUT2D eigenvalue weighted by Crippen LogP contribution is 2.15. The summed E-state index contributed by atoms with van der Waals surface area (Å²) in [6, 6.07) is 0. The standard InChI is InChI=1S/C39H78O3/c1-3-5-7-9-11-13-15-17-19-21-23-25-27-29-31-33-35-41-38-39(37-40)42-36-34-32-30-28-26-24-22-20-18-16-14-12-10-8-6-4-2/h37,39H,3-36,38H2,1-2H3. The Morgan fingerprint density at radius 3 is 0.929 bits per heavy atom. The summed E-state index contributed by atoms with van der Waals surface area (Å²) >= 11 is 0. The van der Waals surface area contributed by atoms with Crippen LogP contribution in [0, 0.1) is 0 Å². The van der Waals surface area contributed by atoms with E-state index in [4.69, 9.17) is 9.47 Å². The lowest BCUT2D eigenvalue weighted by Crippen LogP contribution is -2.22. The monoisotopic (exact) mass is 595 g/mol. The van der Waals surface area contributed by atoms with E-state index in [2.05, 4.69) is 13.8 Å². The number of aldehydes is 1. The summed E-state index contributed by atoms with van der Waals surface area (Å²) < 4.78 is 11.5. The SMILES string of the molecule is CCCCCCCCCCCCCCCCCCOCC(C=O)OCCCCCCCCCCCCCCCCCC. The van der Waals surface area contributed by atoms with Gasteiger partial charge in [0.05, 0.1) is 6.61 Å². The maximum Gasteiger partial charge on any atom is 0.151 e. The lowest BCUT2D eigenvalue weighted by atomic mass is 10.0. The Labute approximate surface area is 265 Å². The molecule has 1 unspecified atom stereocenters. The topological polar surface area (TPSA) is 35.5 Å². The Morgan fingerprint density at radius 1 is 0.381 bits per heavy atom. The van der Waals surface area contributed by atoms with E-state index in [9.17, 15) is 4.79 Å². The number of unbranched alkanes of at least 4 members (excludes halogenated alkanes) is 30. The fourth-order valence-electron chi connectivity index (χ4n) is 5.96. The molecule has 42 heavy (non-hydrogen) atoms. The second kappa shape index (κ2) is 38.6. The second-order valence-electron chi connectivity index (χ2n) is 13.2. The lowest BCUT2D eigenvalue weighted by molar-refractivity contribution is -0.122. The third-order valence-electron chi connectivity index (χ3n) is 8.91. The van der Waals surface area contributed by atoms with Crippen molar-refractivity contribution in [2.24, 2.45) is 0 Å². The minimum Gasteiger partial charge on any atom is -0.378 e. The van der Waals surface area contributed by atoms with Crippen molar-refractivity contribution in [3.63, 3.8) is 0 Å². The molecule has 0 aromatic carbocycles. The molecule has 252 valence electrons. The fourth-order valence-corrected chi connectivity index (χ4v) is 5.96. The van der Waals surface area contributed by atoms with Gasteiger partial charge in [-0.1, -0.05) is 206 Å². The zero-order chi connectivity index (χ0) is 30.4. The van der Waals surface area contributed by atoms with Crippen LogP contribution in [0.15, 0.2) is 0 Å². The summed E-state index contributed by atoms with van der Waals surface area (Å²) in [7, 11) is 0. The van der Waals surface area contributed by atoms with Gasteiger partial charge in [0, 0.05) is 13.2 Å². The molecule has 3 nitrogen and oxygen atoms in total. The average molecular weight is 595 g/mol. The van der Waals surface area contributed by atoms with Gasteiger partial charge in [0.2, 0.25) is 0 Å². The quantitative estimate of drug-likeness (QED) is 0.0527. The molecule has 0 heterocycles. The molecule has 0 aromatic heterocycles. The van der Waals surface area contributed by atoms with Crippen molar-refractivity contribution >= 4 is 6.29 Å². The van der Waals surface area contributed by atoms with Gasteiger partial charge in [-0.2, -0.15) is 0 Å². The molecule has 3 heteroatoms. The zero-order valence-electron chi connectivity index (χ0n) is 29.1. The maximum absolute atomic E-state index is 11.3. The summed E-state index contributed by atoms with van der Waals surface area (Å²) in [5, 5.41) is 0. The van der Waals surface area contributed by atoms with Crippen molar-refractivity contribution in [3.05, 3.63) is 0 Å². The minimum absolute atomic E-state index is 0.387. The molecular formula is C39H78O3. The molecule has 1 atom stereocenters. The summed E-state index contributed by atoms with van der Waals surface area (Å²) in [6.07, 6.45) is 44.6. The first-order valence-electron chi connectivity index (χ1n) is 19.5. The molecule has 0 spiro atoms. The number of carbonyl (C=O) groups is 1. The molecule has 0 saturated heterocycles. The van der Waals surface area contributed by atoms with Crippen LogP contribution in [-0.4, -0.2) is 32.2 Å². The second-order valence-corrected chi connectivity index (χ2v) is 13.2. The number of hydrogen-bond donors (Lipinski definition) is 0. The van der Waals surface area contributed by atoms with Crippen LogP contribution in [0.25, 0.3) is 0 Å². The molecule has 0 fully saturated rings. The molecule has 0 bridgehead atoms. The Kier molecular flexibility index (Phi) is 38.2. The maximum atomic E-state index is 11.3. The molecule has 0 saturated carbocycles. The van der Waals surface area contributed by atoms with E-state index in [1.54, 1.807) is 0 Å². The van der Waals surface area contributed by atoms with Crippen LogP contribution in [0.1, 0.15) is 219 Å². The van der Waals surface area contributed by atoms with Gasteiger partial charge in [-0.25, -0.2) is 0 Å². The van der Waals surface area contributed by atoms with Gasteiger partial charge in [-0.3, -0.25) is 0 Å². The molecule has 0 aromatic rings. The summed E-state index contributed by atoms with van der Waals surface area (Å²) in [4.78, 5) is 11.3. The van der Waals surface area contributed by atoms with Gasteiger partial charge in [0.1, 0.15) is 6.10 Å². The van der Waals surface area contributed by atoms with E-state index in [-0.39, 0.29) is 6.10 Å². The summed E-state index contributed by atoms with van der Waals surface area (Å²) in [6.45, 7) is 6.44. The van der Waals surface area contributed by atoms with Crippen LogP contribution in [0.3, 0.4) is 0 Å². The number of rotatable bonds is 38. The van der Waals surface area contributed by atoms with Crippen molar-refractivity contribution in [3.8, 4) is 0 Å². The summed E-state index contributed by atoms with van der Waals surface area (Å²) in [5.74, 6) is 0. The van der Waals surface area contributed by atoms with Gasteiger partial charge < -0.3 is 14.3 Å². The molecule has 0 amide bonds.